The molecule has 0 radical (unpaired) electrons. The molecule has 4 nitrogen and oxygen atoms in total. The van der Waals surface area contributed by atoms with Gasteiger partial charge >= 0.3 is 55.4 Å². The molecule has 0 atom stereocenters. The van der Waals surface area contributed by atoms with Gasteiger partial charge in [0.1, 0.15) is 0 Å². The number of nitroso groups, excluding NO2 is 2. The third-order valence-electron chi connectivity index (χ3n) is 4.65. The summed E-state index contributed by atoms with van der Waals surface area (Å²) in [6, 6.07) is 13.9. The molecule has 2 aliphatic carbocycles. The summed E-state index contributed by atoms with van der Waals surface area (Å²) in [4.78, 5) is 21.8. The van der Waals surface area contributed by atoms with E-state index in [4.69, 9.17) is 46.4 Å². The van der Waals surface area contributed by atoms with Crippen LogP contribution in [-0.4, -0.2) is 0 Å². The topological polar surface area (TPSA) is 58.9 Å². The number of benzene rings is 2. The van der Waals surface area contributed by atoms with Crippen LogP contribution in [0.1, 0.15) is 11.1 Å². The Bertz CT molecular complexity index is 1170. The molecule has 2 aromatic carbocycles. The van der Waals surface area contributed by atoms with E-state index in [2.05, 4.69) is 65.8 Å². The van der Waals surface area contributed by atoms with E-state index in [-0.39, 0.29) is 0 Å². The Morgan fingerprint density at radius 2 is 0.868 bits per heavy atom. The third kappa shape index (κ3) is 11.6. The SMILES string of the molecule is O=N/C(=C1/C=CC(Cl)=C[CH-]1)c1ccc(Cl)cc1.O=N/C(=C1/C=CC(Cl)=C[CH-]1)c1ccc(Cl)cc1.[Cl][Pd+].[Cl][Pd+]. The van der Waals surface area contributed by atoms with Crippen molar-refractivity contribution in [1.29, 1.82) is 0 Å². The van der Waals surface area contributed by atoms with Gasteiger partial charge in [0.2, 0.25) is 0 Å². The molecule has 0 spiro atoms. The summed E-state index contributed by atoms with van der Waals surface area (Å²) in [6.07, 6.45) is 13.9. The summed E-state index contributed by atoms with van der Waals surface area (Å²) in [6.45, 7) is 0. The zero-order chi connectivity index (χ0) is 28.5. The van der Waals surface area contributed by atoms with Crippen LogP contribution >= 0.6 is 65.5 Å². The van der Waals surface area contributed by atoms with Crippen LogP contribution in [0, 0.1) is 22.7 Å². The summed E-state index contributed by atoms with van der Waals surface area (Å²) >= 11 is 27.6. The van der Waals surface area contributed by atoms with Gasteiger partial charge in [-0.05, 0) is 45.5 Å². The molecule has 12 heteroatoms. The Balaban J connectivity index is 0.000000336. The van der Waals surface area contributed by atoms with Gasteiger partial charge in [-0.3, -0.25) is 0 Å². The summed E-state index contributed by atoms with van der Waals surface area (Å²) in [5, 5.41) is 8.62. The maximum absolute atomic E-state index is 10.9. The molecule has 38 heavy (non-hydrogen) atoms. The molecule has 0 saturated heterocycles. The van der Waals surface area contributed by atoms with Crippen LogP contribution in [0.25, 0.3) is 11.4 Å². The Kier molecular flexibility index (Phi) is 18.3. The van der Waals surface area contributed by atoms with Crippen molar-refractivity contribution < 1.29 is 36.4 Å². The molecule has 0 aromatic heterocycles. The minimum absolute atomic E-state index is 0.373. The normalized spacial score (nSPS) is 15.7. The number of rotatable bonds is 4. The molecule has 0 heterocycles. The van der Waals surface area contributed by atoms with Crippen LogP contribution in [0.15, 0.2) is 117 Å². The Labute approximate surface area is 271 Å². The number of allylic oxidation sites excluding steroid dienone is 10. The van der Waals surface area contributed by atoms with Gasteiger partial charge in [0.05, 0.1) is 0 Å². The van der Waals surface area contributed by atoms with Crippen molar-refractivity contribution in [3.63, 3.8) is 0 Å². The summed E-state index contributed by atoms with van der Waals surface area (Å²) < 4.78 is 0. The first-order valence-corrected chi connectivity index (χ1v) is 15.6. The number of hydrogen-bond donors (Lipinski definition) is 0. The molecule has 0 bridgehead atoms. The van der Waals surface area contributed by atoms with E-state index in [9.17, 15) is 9.81 Å². The zero-order valence-corrected chi connectivity index (χ0v) is 26.5. The van der Waals surface area contributed by atoms with Gasteiger partial charge in [-0.15, -0.1) is 83.6 Å². The molecule has 0 saturated carbocycles. The van der Waals surface area contributed by atoms with E-state index in [1.54, 1.807) is 97.8 Å². The first kappa shape index (κ1) is 34.9. The van der Waals surface area contributed by atoms with Crippen LogP contribution in [0.5, 0.6) is 0 Å². The number of nitrogens with zero attached hydrogens (tertiary/aromatic N) is 2. The van der Waals surface area contributed by atoms with Gasteiger partial charge in [-0.1, -0.05) is 57.8 Å². The molecule has 2 aromatic rings. The second kappa shape index (κ2) is 19.9. The van der Waals surface area contributed by atoms with Gasteiger partial charge in [-0.25, -0.2) is 0 Å². The fourth-order valence-electron chi connectivity index (χ4n) is 2.98. The molecule has 0 fully saturated rings. The van der Waals surface area contributed by atoms with Crippen molar-refractivity contribution in [3.05, 3.63) is 150 Å². The van der Waals surface area contributed by atoms with Gasteiger partial charge in [0.15, 0.2) is 0 Å². The van der Waals surface area contributed by atoms with Crippen LogP contribution in [-0.2, 0) is 36.4 Å². The first-order valence-electron chi connectivity index (χ1n) is 10.1. The maximum atomic E-state index is 10.9. The predicted molar refractivity (Wildman–Crippen MR) is 155 cm³/mol. The second-order valence-corrected chi connectivity index (χ2v) is 8.65. The van der Waals surface area contributed by atoms with E-state index in [0.29, 0.717) is 31.5 Å². The molecule has 4 rings (SSSR count). The monoisotopic (exact) mass is 810 g/mol. The summed E-state index contributed by atoms with van der Waals surface area (Å²) in [5.74, 6) is 0. The molecule has 0 amide bonds. The van der Waals surface area contributed by atoms with E-state index in [0.717, 1.165) is 22.3 Å². The van der Waals surface area contributed by atoms with Crippen molar-refractivity contribution in [2.24, 2.45) is 10.4 Å². The average molecular weight is 814 g/mol. The minimum atomic E-state index is 0.373. The van der Waals surface area contributed by atoms with Crippen LogP contribution < -0.4 is 0 Å². The third-order valence-corrected chi connectivity index (χ3v) is 5.66. The fraction of sp³-hybridized carbons (Fsp3) is 0. The van der Waals surface area contributed by atoms with E-state index in [1.165, 1.54) is 0 Å². The number of halogens is 6. The standard InChI is InChI=1S/2C13H8Cl2NO.2ClH.2Pd/c2*14-11-5-1-9(2-6-11)13(16-17)10-3-7-12(15)8-4-10;;;;/h2*1-8H;2*1H;;/q2*-1;;;2*+2/p-2. The molecule has 204 valence electrons. The average Bonchev–Trinajstić information content (AvgIpc) is 2.96. The van der Waals surface area contributed by atoms with Gasteiger partial charge in [0, 0.05) is 21.4 Å². The molecular weight excluding hydrogens is 798 g/mol. The van der Waals surface area contributed by atoms with Crippen molar-refractivity contribution in [1.82, 2.24) is 0 Å². The van der Waals surface area contributed by atoms with Crippen LogP contribution in [0.3, 0.4) is 0 Å². The van der Waals surface area contributed by atoms with Crippen LogP contribution in [0.2, 0.25) is 10.0 Å². The van der Waals surface area contributed by atoms with Gasteiger partial charge in [0.25, 0.3) is 0 Å². The Hall–Kier alpha value is -1.12. The zero-order valence-electron chi connectivity index (χ0n) is 18.8. The number of hydrogen-bond acceptors (Lipinski definition) is 4. The fourth-order valence-corrected chi connectivity index (χ4v) is 3.48. The molecule has 0 unspecified atom stereocenters. The van der Waals surface area contributed by atoms with E-state index in [1.807, 2.05) is 0 Å². The van der Waals surface area contributed by atoms with E-state index >= 15 is 0 Å². The summed E-state index contributed by atoms with van der Waals surface area (Å²) in [5.41, 5.74) is 3.66. The predicted octanol–water partition coefficient (Wildman–Crippen LogP) is 10.8. The second-order valence-electron chi connectivity index (χ2n) is 6.91. The molecular formula is C26H16Cl6N2O2Pd2. The first-order chi connectivity index (χ1) is 18.4. The van der Waals surface area contributed by atoms with Crippen molar-refractivity contribution in [2.75, 3.05) is 0 Å². The Morgan fingerprint density at radius 1 is 0.553 bits per heavy atom. The van der Waals surface area contributed by atoms with Gasteiger partial charge in [-0.2, -0.15) is 9.81 Å². The van der Waals surface area contributed by atoms with Crippen LogP contribution in [0.4, 0.5) is 0 Å². The van der Waals surface area contributed by atoms with Crippen molar-refractivity contribution in [2.45, 2.75) is 0 Å². The quantitative estimate of drug-likeness (QED) is 0.175. The van der Waals surface area contributed by atoms with E-state index < -0.39 is 0 Å². The van der Waals surface area contributed by atoms with Gasteiger partial charge < -0.3 is 0 Å². The Morgan fingerprint density at radius 3 is 1.11 bits per heavy atom. The summed E-state index contributed by atoms with van der Waals surface area (Å²) in [7, 11) is 8.98. The molecule has 0 N–H and O–H groups in total. The van der Waals surface area contributed by atoms with Crippen molar-refractivity contribution >= 4 is 76.9 Å². The molecule has 0 aliphatic heterocycles. The molecule has 2 aliphatic rings. The van der Waals surface area contributed by atoms with Crippen molar-refractivity contribution in [3.8, 4) is 0 Å².